The van der Waals surface area contributed by atoms with Gasteiger partial charge in [0.15, 0.2) is 0 Å². The van der Waals surface area contributed by atoms with Crippen molar-refractivity contribution in [3.05, 3.63) is 28.3 Å². The second kappa shape index (κ2) is 3.99. The number of fused-ring (bicyclic) bond motifs is 1. The van der Waals surface area contributed by atoms with Crippen molar-refractivity contribution in [1.82, 2.24) is 0 Å². The maximum absolute atomic E-state index is 11.2. The molecule has 1 aliphatic heterocycles. The minimum atomic E-state index is -1.57. The Morgan fingerprint density at radius 2 is 2.00 bits per heavy atom. The van der Waals surface area contributed by atoms with E-state index in [1.165, 1.54) is 6.92 Å². The molecule has 2 rings (SSSR count). The van der Waals surface area contributed by atoms with Gasteiger partial charge >= 0.3 is 5.97 Å². The van der Waals surface area contributed by atoms with Crippen LogP contribution in [-0.2, 0) is 11.2 Å². The standard InChI is InChI=1S/C14H18O4/c1-7-5-11-10(9(3)8(7)2)6-12(15)14(4,18-11)13(16)17/h5,12,15H,6H2,1-4H3,(H,16,17). The third-order valence-electron chi connectivity index (χ3n) is 4.03. The molecule has 0 spiro atoms. The summed E-state index contributed by atoms with van der Waals surface area (Å²) in [7, 11) is 0. The normalized spacial score (nSPS) is 26.4. The summed E-state index contributed by atoms with van der Waals surface area (Å²) in [4.78, 5) is 11.2. The van der Waals surface area contributed by atoms with Crippen LogP contribution < -0.4 is 4.74 Å². The first-order chi connectivity index (χ1) is 8.27. The van der Waals surface area contributed by atoms with Gasteiger partial charge in [0.2, 0.25) is 5.60 Å². The number of carboxylic acid groups (broad SMARTS) is 1. The van der Waals surface area contributed by atoms with Crippen molar-refractivity contribution in [1.29, 1.82) is 0 Å². The average Bonchev–Trinajstić information content (AvgIpc) is 2.29. The van der Waals surface area contributed by atoms with Gasteiger partial charge in [-0.05, 0) is 50.5 Å². The Morgan fingerprint density at radius 1 is 1.39 bits per heavy atom. The van der Waals surface area contributed by atoms with Crippen LogP contribution in [0.5, 0.6) is 5.75 Å². The summed E-state index contributed by atoms with van der Waals surface area (Å²) in [5.41, 5.74) is 2.63. The number of aliphatic hydroxyl groups is 1. The fourth-order valence-electron chi connectivity index (χ4n) is 2.31. The average molecular weight is 250 g/mol. The van der Waals surface area contributed by atoms with E-state index in [9.17, 15) is 15.0 Å². The van der Waals surface area contributed by atoms with E-state index in [0.717, 1.165) is 22.3 Å². The largest absolute Gasteiger partial charge is 0.478 e. The number of carboxylic acids is 1. The SMILES string of the molecule is Cc1cc2c(c(C)c1C)CC(O)C(C)(C(=O)O)O2. The first kappa shape index (κ1) is 12.9. The number of rotatable bonds is 1. The maximum Gasteiger partial charge on any atom is 0.350 e. The van der Waals surface area contributed by atoms with Crippen molar-refractivity contribution in [3.8, 4) is 5.75 Å². The molecule has 2 unspecified atom stereocenters. The molecule has 1 heterocycles. The second-order valence-corrected chi connectivity index (χ2v) is 5.15. The van der Waals surface area contributed by atoms with Crippen molar-refractivity contribution in [3.63, 3.8) is 0 Å². The van der Waals surface area contributed by atoms with Crippen molar-refractivity contribution < 1.29 is 19.7 Å². The predicted molar refractivity (Wildman–Crippen MR) is 67.0 cm³/mol. The van der Waals surface area contributed by atoms with Gasteiger partial charge < -0.3 is 14.9 Å². The van der Waals surface area contributed by atoms with Gasteiger partial charge in [0, 0.05) is 12.0 Å². The summed E-state index contributed by atoms with van der Waals surface area (Å²) in [5, 5.41) is 19.2. The molecule has 0 aliphatic carbocycles. The highest BCUT2D eigenvalue weighted by molar-refractivity contribution is 5.79. The van der Waals surface area contributed by atoms with Crippen LogP contribution in [0.25, 0.3) is 0 Å². The second-order valence-electron chi connectivity index (χ2n) is 5.15. The third-order valence-corrected chi connectivity index (χ3v) is 4.03. The lowest BCUT2D eigenvalue weighted by molar-refractivity contribution is -0.165. The van der Waals surface area contributed by atoms with Crippen LogP contribution in [0.2, 0.25) is 0 Å². The molecular formula is C14H18O4. The lowest BCUT2D eigenvalue weighted by Crippen LogP contribution is -2.55. The number of aliphatic hydroxyl groups excluding tert-OH is 1. The molecule has 18 heavy (non-hydrogen) atoms. The predicted octanol–water partition coefficient (Wildman–Crippen LogP) is 1.75. The molecular weight excluding hydrogens is 232 g/mol. The maximum atomic E-state index is 11.2. The smallest absolute Gasteiger partial charge is 0.350 e. The molecule has 0 fully saturated rings. The zero-order valence-electron chi connectivity index (χ0n) is 11.1. The molecule has 0 aromatic heterocycles. The van der Waals surface area contributed by atoms with Crippen LogP contribution in [0.4, 0.5) is 0 Å². The van der Waals surface area contributed by atoms with Gasteiger partial charge in [0.25, 0.3) is 0 Å². The number of ether oxygens (including phenoxy) is 1. The fraction of sp³-hybridized carbons (Fsp3) is 0.500. The van der Waals surface area contributed by atoms with Crippen LogP contribution in [0.1, 0.15) is 29.2 Å². The van der Waals surface area contributed by atoms with Crippen LogP contribution >= 0.6 is 0 Å². The summed E-state index contributed by atoms with van der Waals surface area (Å²) in [6, 6.07) is 1.85. The number of hydrogen-bond acceptors (Lipinski definition) is 3. The molecule has 2 N–H and O–H groups in total. The Bertz CT molecular complexity index is 521. The van der Waals surface area contributed by atoms with E-state index >= 15 is 0 Å². The topological polar surface area (TPSA) is 66.8 Å². The first-order valence-electron chi connectivity index (χ1n) is 5.97. The molecule has 0 amide bonds. The molecule has 1 aliphatic rings. The zero-order valence-corrected chi connectivity index (χ0v) is 11.1. The van der Waals surface area contributed by atoms with E-state index in [-0.39, 0.29) is 0 Å². The minimum absolute atomic E-state index is 0.311. The molecule has 2 atom stereocenters. The Labute approximate surface area is 106 Å². The highest BCUT2D eigenvalue weighted by atomic mass is 16.5. The summed E-state index contributed by atoms with van der Waals surface area (Å²) in [5.74, 6) is -0.567. The van der Waals surface area contributed by atoms with Crippen molar-refractivity contribution in [2.45, 2.75) is 45.8 Å². The number of aliphatic carboxylic acids is 1. The van der Waals surface area contributed by atoms with E-state index < -0.39 is 17.7 Å². The fourth-order valence-corrected chi connectivity index (χ4v) is 2.31. The zero-order chi connectivity index (χ0) is 13.7. The molecule has 1 aromatic carbocycles. The summed E-state index contributed by atoms with van der Waals surface area (Å²) in [6.45, 7) is 7.37. The van der Waals surface area contributed by atoms with Crippen molar-refractivity contribution in [2.24, 2.45) is 0 Å². The molecule has 4 nitrogen and oxygen atoms in total. The molecule has 4 heteroatoms. The lowest BCUT2D eigenvalue weighted by atomic mass is 9.85. The van der Waals surface area contributed by atoms with Crippen LogP contribution in [0.15, 0.2) is 6.07 Å². The Morgan fingerprint density at radius 3 is 2.56 bits per heavy atom. The highest BCUT2D eigenvalue weighted by Crippen LogP contribution is 2.37. The first-order valence-corrected chi connectivity index (χ1v) is 5.97. The number of aryl methyl sites for hydroxylation is 1. The third kappa shape index (κ3) is 1.68. The summed E-state index contributed by atoms with van der Waals surface area (Å²) < 4.78 is 5.56. The van der Waals surface area contributed by atoms with Gasteiger partial charge in [0.05, 0.1) is 0 Å². The summed E-state index contributed by atoms with van der Waals surface area (Å²) in [6.07, 6.45) is -0.728. The number of carbonyl (C=O) groups is 1. The Balaban J connectivity index is 2.57. The van der Waals surface area contributed by atoms with Gasteiger partial charge in [-0.2, -0.15) is 0 Å². The Hall–Kier alpha value is -1.55. The van der Waals surface area contributed by atoms with E-state index in [0.29, 0.717) is 12.2 Å². The van der Waals surface area contributed by atoms with Gasteiger partial charge in [-0.25, -0.2) is 4.79 Å². The van der Waals surface area contributed by atoms with Crippen molar-refractivity contribution >= 4 is 5.97 Å². The Kier molecular flexibility index (Phi) is 2.86. The van der Waals surface area contributed by atoms with Gasteiger partial charge in [-0.15, -0.1) is 0 Å². The molecule has 0 radical (unpaired) electrons. The molecule has 0 saturated carbocycles. The van der Waals surface area contributed by atoms with E-state index in [2.05, 4.69) is 0 Å². The lowest BCUT2D eigenvalue weighted by Gasteiger charge is -2.37. The van der Waals surface area contributed by atoms with E-state index in [1.54, 1.807) is 0 Å². The highest BCUT2D eigenvalue weighted by Gasteiger charge is 2.47. The van der Waals surface area contributed by atoms with Crippen LogP contribution in [0.3, 0.4) is 0 Å². The van der Waals surface area contributed by atoms with E-state index in [1.807, 2.05) is 26.8 Å². The summed E-state index contributed by atoms with van der Waals surface area (Å²) >= 11 is 0. The van der Waals surface area contributed by atoms with Crippen molar-refractivity contribution in [2.75, 3.05) is 0 Å². The van der Waals surface area contributed by atoms with Gasteiger partial charge in [-0.1, -0.05) is 0 Å². The number of benzene rings is 1. The minimum Gasteiger partial charge on any atom is -0.478 e. The number of hydrogen-bond donors (Lipinski definition) is 2. The molecule has 1 aromatic rings. The quantitative estimate of drug-likeness (QED) is 0.797. The van der Waals surface area contributed by atoms with Gasteiger partial charge in [0.1, 0.15) is 11.9 Å². The van der Waals surface area contributed by atoms with Crippen LogP contribution in [0, 0.1) is 20.8 Å². The van der Waals surface area contributed by atoms with Gasteiger partial charge in [-0.3, -0.25) is 0 Å². The van der Waals surface area contributed by atoms with Crippen LogP contribution in [-0.4, -0.2) is 27.9 Å². The van der Waals surface area contributed by atoms with E-state index in [4.69, 9.17) is 4.74 Å². The molecule has 98 valence electrons. The molecule has 0 saturated heterocycles. The monoisotopic (exact) mass is 250 g/mol. The molecule has 0 bridgehead atoms.